The molecule has 0 radical (unpaired) electrons. The summed E-state index contributed by atoms with van der Waals surface area (Å²) in [6, 6.07) is 6.24. The molecule has 1 aromatic rings. The molecule has 1 N–H and O–H groups in total. The molecule has 3 heteroatoms. The Morgan fingerprint density at radius 3 is 2.48 bits per heavy atom. The zero-order valence-electron chi connectivity index (χ0n) is 13.9. The maximum atomic E-state index is 10.6. The molecule has 0 aliphatic heterocycles. The molecule has 0 unspecified atom stereocenters. The Morgan fingerprint density at radius 2 is 1.95 bits per heavy atom. The Labute approximate surface area is 128 Å². The summed E-state index contributed by atoms with van der Waals surface area (Å²) in [5.41, 5.74) is 2.38. The maximum absolute atomic E-state index is 10.6. The lowest BCUT2D eigenvalue weighted by Gasteiger charge is -2.24. The third-order valence-corrected chi connectivity index (χ3v) is 3.28. The van der Waals surface area contributed by atoms with Crippen molar-refractivity contribution in [2.75, 3.05) is 6.61 Å². The van der Waals surface area contributed by atoms with Crippen molar-refractivity contribution in [2.24, 2.45) is 5.92 Å². The molecule has 0 atom stereocenters. The van der Waals surface area contributed by atoms with Crippen molar-refractivity contribution in [2.45, 2.75) is 59.3 Å². The summed E-state index contributed by atoms with van der Waals surface area (Å²) < 4.78 is 5.93. The molecule has 0 bridgehead atoms. The highest BCUT2D eigenvalue weighted by atomic mass is 16.5. The van der Waals surface area contributed by atoms with Crippen LogP contribution in [0.2, 0.25) is 0 Å². The molecule has 1 rings (SSSR count). The fourth-order valence-electron chi connectivity index (χ4n) is 2.14. The predicted octanol–water partition coefficient (Wildman–Crippen LogP) is 4.43. The van der Waals surface area contributed by atoms with E-state index in [1.54, 1.807) is 0 Å². The smallest absolute Gasteiger partial charge is 0.303 e. The van der Waals surface area contributed by atoms with Crippen molar-refractivity contribution in [3.63, 3.8) is 0 Å². The van der Waals surface area contributed by atoms with Crippen molar-refractivity contribution < 1.29 is 14.6 Å². The predicted molar refractivity (Wildman–Crippen MR) is 86.0 cm³/mol. The van der Waals surface area contributed by atoms with Crippen LogP contribution in [0, 0.1) is 5.92 Å². The van der Waals surface area contributed by atoms with Gasteiger partial charge >= 0.3 is 5.97 Å². The third-order valence-electron chi connectivity index (χ3n) is 3.28. The lowest BCUT2D eigenvalue weighted by molar-refractivity contribution is -0.137. The van der Waals surface area contributed by atoms with Crippen LogP contribution in [0.5, 0.6) is 5.75 Å². The van der Waals surface area contributed by atoms with Crippen LogP contribution in [-0.4, -0.2) is 17.7 Å². The van der Waals surface area contributed by atoms with Crippen LogP contribution in [0.4, 0.5) is 0 Å². The number of carboxylic acids is 1. The number of rotatable bonds is 7. The Morgan fingerprint density at radius 1 is 1.29 bits per heavy atom. The first-order valence-corrected chi connectivity index (χ1v) is 7.68. The maximum Gasteiger partial charge on any atom is 0.303 e. The third kappa shape index (κ3) is 6.19. The van der Waals surface area contributed by atoms with Gasteiger partial charge in [0.25, 0.3) is 0 Å². The van der Waals surface area contributed by atoms with E-state index in [0.717, 1.165) is 12.2 Å². The first kappa shape index (κ1) is 17.5. The van der Waals surface area contributed by atoms with Crippen LogP contribution in [0.25, 0.3) is 0 Å². The van der Waals surface area contributed by atoms with Gasteiger partial charge in [-0.1, -0.05) is 46.8 Å². The minimum Gasteiger partial charge on any atom is -0.493 e. The normalized spacial score (nSPS) is 11.7. The first-order valence-electron chi connectivity index (χ1n) is 7.68. The van der Waals surface area contributed by atoms with Gasteiger partial charge in [-0.2, -0.15) is 0 Å². The standard InChI is InChI=1S/C18H28O3/c1-13(2)12-21-16-10-9-14(7-6-8-17(19)20)11-15(16)18(3,4)5/h9-11,13H,6-8,12H2,1-5H3,(H,19,20). The molecule has 0 saturated carbocycles. The Bertz CT molecular complexity index is 470. The highest BCUT2D eigenvalue weighted by Crippen LogP contribution is 2.32. The van der Waals surface area contributed by atoms with Gasteiger partial charge < -0.3 is 9.84 Å². The number of benzene rings is 1. The lowest BCUT2D eigenvalue weighted by Crippen LogP contribution is -2.15. The first-order chi connectivity index (χ1) is 9.70. The van der Waals surface area contributed by atoms with Gasteiger partial charge in [-0.3, -0.25) is 4.79 Å². The van der Waals surface area contributed by atoms with E-state index in [1.165, 1.54) is 11.1 Å². The molecule has 0 fully saturated rings. The van der Waals surface area contributed by atoms with E-state index in [4.69, 9.17) is 9.84 Å². The zero-order chi connectivity index (χ0) is 16.0. The van der Waals surface area contributed by atoms with E-state index in [2.05, 4.69) is 40.7 Å². The van der Waals surface area contributed by atoms with Crippen LogP contribution >= 0.6 is 0 Å². The number of ether oxygens (including phenoxy) is 1. The highest BCUT2D eigenvalue weighted by molar-refractivity contribution is 5.66. The minimum absolute atomic E-state index is 0.00905. The summed E-state index contributed by atoms with van der Waals surface area (Å²) in [5.74, 6) is 0.703. The number of aliphatic carboxylic acids is 1. The van der Waals surface area contributed by atoms with E-state index in [0.29, 0.717) is 18.9 Å². The van der Waals surface area contributed by atoms with Crippen molar-refractivity contribution in [1.29, 1.82) is 0 Å². The molecule has 21 heavy (non-hydrogen) atoms. The zero-order valence-corrected chi connectivity index (χ0v) is 13.9. The van der Waals surface area contributed by atoms with E-state index in [1.807, 2.05) is 12.1 Å². The number of hydrogen-bond acceptors (Lipinski definition) is 2. The number of carboxylic acid groups (broad SMARTS) is 1. The Hall–Kier alpha value is -1.51. The summed E-state index contributed by atoms with van der Waals surface area (Å²) in [6.07, 6.45) is 1.68. The average Bonchev–Trinajstić information content (AvgIpc) is 2.35. The van der Waals surface area contributed by atoms with Gasteiger partial charge in [0.15, 0.2) is 0 Å². The van der Waals surface area contributed by atoms with Crippen molar-refractivity contribution in [1.82, 2.24) is 0 Å². The van der Waals surface area contributed by atoms with Gasteiger partial charge in [0.1, 0.15) is 5.75 Å². The summed E-state index contributed by atoms with van der Waals surface area (Å²) in [6.45, 7) is 11.5. The van der Waals surface area contributed by atoms with Crippen LogP contribution in [0.3, 0.4) is 0 Å². The summed E-state index contributed by atoms with van der Waals surface area (Å²) in [4.78, 5) is 10.6. The van der Waals surface area contributed by atoms with Crippen LogP contribution in [0.15, 0.2) is 18.2 Å². The monoisotopic (exact) mass is 292 g/mol. The van der Waals surface area contributed by atoms with Crippen LogP contribution in [-0.2, 0) is 16.6 Å². The largest absolute Gasteiger partial charge is 0.493 e. The molecular formula is C18H28O3. The molecule has 118 valence electrons. The molecule has 3 nitrogen and oxygen atoms in total. The second-order valence-electron chi connectivity index (χ2n) is 7.03. The molecule has 1 aromatic carbocycles. The fourth-order valence-corrected chi connectivity index (χ4v) is 2.14. The van der Waals surface area contributed by atoms with Gasteiger partial charge in [-0.05, 0) is 41.4 Å². The molecule has 0 aromatic heterocycles. The molecule has 0 amide bonds. The topological polar surface area (TPSA) is 46.5 Å². The molecule has 0 spiro atoms. The molecule has 0 aliphatic carbocycles. The van der Waals surface area contributed by atoms with Crippen LogP contribution < -0.4 is 4.74 Å². The second kappa shape index (κ2) is 7.48. The quantitative estimate of drug-likeness (QED) is 0.809. The van der Waals surface area contributed by atoms with E-state index >= 15 is 0 Å². The fraction of sp³-hybridized carbons (Fsp3) is 0.611. The Kier molecular flexibility index (Phi) is 6.25. The van der Waals surface area contributed by atoms with Crippen molar-refractivity contribution in [3.05, 3.63) is 29.3 Å². The minimum atomic E-state index is -0.733. The lowest BCUT2D eigenvalue weighted by atomic mass is 9.85. The van der Waals surface area contributed by atoms with Gasteiger partial charge in [-0.25, -0.2) is 0 Å². The number of carbonyl (C=O) groups is 1. The number of aryl methyl sites for hydroxylation is 1. The van der Waals surface area contributed by atoms with Crippen LogP contribution in [0.1, 0.15) is 58.6 Å². The van der Waals surface area contributed by atoms with Gasteiger partial charge in [-0.15, -0.1) is 0 Å². The highest BCUT2D eigenvalue weighted by Gasteiger charge is 2.19. The summed E-state index contributed by atoms with van der Waals surface area (Å²) >= 11 is 0. The van der Waals surface area contributed by atoms with Gasteiger partial charge in [0.05, 0.1) is 6.61 Å². The van der Waals surface area contributed by atoms with Crippen molar-refractivity contribution >= 4 is 5.97 Å². The molecular weight excluding hydrogens is 264 g/mol. The van der Waals surface area contributed by atoms with Gasteiger partial charge in [0, 0.05) is 6.42 Å². The molecule has 0 aliphatic rings. The Balaban J connectivity index is 2.88. The SMILES string of the molecule is CC(C)COc1ccc(CCCC(=O)O)cc1C(C)(C)C. The number of hydrogen-bond donors (Lipinski definition) is 1. The molecule has 0 saturated heterocycles. The second-order valence-corrected chi connectivity index (χ2v) is 7.03. The van der Waals surface area contributed by atoms with E-state index in [-0.39, 0.29) is 11.8 Å². The van der Waals surface area contributed by atoms with E-state index < -0.39 is 5.97 Å². The van der Waals surface area contributed by atoms with E-state index in [9.17, 15) is 4.79 Å². The summed E-state index contributed by atoms with van der Waals surface area (Å²) in [5, 5.41) is 8.72. The van der Waals surface area contributed by atoms with Gasteiger partial charge in [0.2, 0.25) is 0 Å². The average molecular weight is 292 g/mol. The molecule has 0 heterocycles. The van der Waals surface area contributed by atoms with Crippen molar-refractivity contribution in [3.8, 4) is 5.75 Å². The summed E-state index contributed by atoms with van der Waals surface area (Å²) in [7, 11) is 0.